The molecule has 0 N–H and O–H groups in total. The van der Waals surface area contributed by atoms with Crippen molar-refractivity contribution >= 4 is 34.5 Å². The number of amides is 2. The number of aryl methyl sites for hydroxylation is 2. The zero-order valence-electron chi connectivity index (χ0n) is 20.8. The highest BCUT2D eigenvalue weighted by Gasteiger charge is 2.34. The summed E-state index contributed by atoms with van der Waals surface area (Å²) >= 11 is 3.14. The lowest BCUT2D eigenvalue weighted by Crippen LogP contribution is -2.49. The average Bonchev–Trinajstić information content (AvgIpc) is 3.65. The molecule has 2 aliphatic rings. The molecule has 4 heterocycles. The van der Waals surface area contributed by atoms with Crippen LogP contribution in [0.5, 0.6) is 5.75 Å². The number of hydrogen-bond donors (Lipinski definition) is 0. The van der Waals surface area contributed by atoms with E-state index in [-0.39, 0.29) is 30.5 Å². The SMILES string of the molecule is Cc1ccc(OC[C@@H]2c3ccsc3CCN2C(=O)CN(C[C@H]2CCCO2)C(=O)c2cccs2)c(C)c1. The molecule has 8 heteroatoms. The second-order valence-electron chi connectivity index (χ2n) is 9.53. The van der Waals surface area contributed by atoms with Crippen molar-refractivity contribution in [3.05, 3.63) is 73.6 Å². The predicted molar refractivity (Wildman–Crippen MR) is 143 cm³/mol. The first-order valence-electron chi connectivity index (χ1n) is 12.5. The second kappa shape index (κ2) is 11.2. The number of benzene rings is 1. The molecule has 0 aliphatic carbocycles. The summed E-state index contributed by atoms with van der Waals surface area (Å²) in [5.41, 5.74) is 3.43. The molecule has 0 unspecified atom stereocenters. The van der Waals surface area contributed by atoms with E-state index in [9.17, 15) is 9.59 Å². The number of carbonyl (C=O) groups is 2. The minimum absolute atomic E-state index is 0.0183. The van der Waals surface area contributed by atoms with Gasteiger partial charge in [0.25, 0.3) is 5.91 Å². The molecule has 5 rings (SSSR count). The molecule has 2 atom stereocenters. The minimum atomic E-state index is -0.186. The van der Waals surface area contributed by atoms with Crippen LogP contribution in [-0.4, -0.2) is 60.6 Å². The number of thiophene rings is 2. The molecule has 6 nitrogen and oxygen atoms in total. The summed E-state index contributed by atoms with van der Waals surface area (Å²) in [5, 5.41) is 3.98. The lowest BCUT2D eigenvalue weighted by atomic mass is 10.00. The highest BCUT2D eigenvalue weighted by atomic mass is 32.1. The van der Waals surface area contributed by atoms with Crippen molar-refractivity contribution in [2.45, 2.75) is 45.3 Å². The third-order valence-electron chi connectivity index (χ3n) is 6.94. The van der Waals surface area contributed by atoms with Crippen LogP contribution in [-0.2, 0) is 16.0 Å². The molecule has 1 saturated heterocycles. The smallest absolute Gasteiger partial charge is 0.264 e. The van der Waals surface area contributed by atoms with E-state index in [1.54, 1.807) is 16.2 Å². The Kier molecular flexibility index (Phi) is 7.74. The van der Waals surface area contributed by atoms with Gasteiger partial charge in [-0.1, -0.05) is 23.8 Å². The van der Waals surface area contributed by atoms with Crippen molar-refractivity contribution < 1.29 is 19.1 Å². The van der Waals surface area contributed by atoms with Gasteiger partial charge in [0.05, 0.1) is 17.0 Å². The molecular formula is C28H32N2O4S2. The van der Waals surface area contributed by atoms with Crippen LogP contribution in [0.1, 0.15) is 50.1 Å². The van der Waals surface area contributed by atoms with Crippen LogP contribution in [0.15, 0.2) is 47.2 Å². The Morgan fingerprint density at radius 3 is 2.81 bits per heavy atom. The topological polar surface area (TPSA) is 59.1 Å². The standard InChI is InChI=1S/C28H32N2O4S2/c1-19-7-8-24(20(2)15-19)34-18-23-22-10-14-36-25(22)9-11-30(23)27(31)17-29(16-21-5-3-12-33-21)28(32)26-6-4-13-35-26/h4,6-8,10,13-15,21,23H,3,5,9,11-12,16-18H2,1-2H3/t21-,23-/m1/s1. The van der Waals surface area contributed by atoms with Gasteiger partial charge in [-0.15, -0.1) is 22.7 Å². The lowest BCUT2D eigenvalue weighted by Gasteiger charge is -2.37. The fourth-order valence-corrected chi connectivity index (χ4v) is 6.69. The van der Waals surface area contributed by atoms with Gasteiger partial charge in [-0.3, -0.25) is 9.59 Å². The first kappa shape index (κ1) is 25.0. The van der Waals surface area contributed by atoms with Crippen LogP contribution in [0, 0.1) is 13.8 Å². The third-order valence-corrected chi connectivity index (χ3v) is 8.79. The Hall–Kier alpha value is -2.68. The van der Waals surface area contributed by atoms with Crippen LogP contribution >= 0.6 is 22.7 Å². The van der Waals surface area contributed by atoms with Crippen molar-refractivity contribution in [1.29, 1.82) is 0 Å². The zero-order valence-corrected chi connectivity index (χ0v) is 22.4. The third kappa shape index (κ3) is 5.51. The van der Waals surface area contributed by atoms with Crippen LogP contribution in [0.25, 0.3) is 0 Å². The first-order chi connectivity index (χ1) is 17.5. The van der Waals surface area contributed by atoms with E-state index in [4.69, 9.17) is 9.47 Å². The van der Waals surface area contributed by atoms with Gasteiger partial charge in [0, 0.05) is 24.6 Å². The first-order valence-corrected chi connectivity index (χ1v) is 14.3. The van der Waals surface area contributed by atoms with E-state index in [2.05, 4.69) is 24.4 Å². The number of rotatable bonds is 8. The molecule has 190 valence electrons. The van der Waals surface area contributed by atoms with E-state index < -0.39 is 0 Å². The number of carbonyl (C=O) groups excluding carboxylic acids is 2. The molecule has 36 heavy (non-hydrogen) atoms. The molecule has 2 amide bonds. The summed E-state index contributed by atoms with van der Waals surface area (Å²) in [4.78, 5) is 32.6. The maximum Gasteiger partial charge on any atom is 0.264 e. The summed E-state index contributed by atoms with van der Waals surface area (Å²) in [6.45, 7) is 6.29. The molecular weight excluding hydrogens is 492 g/mol. The highest BCUT2D eigenvalue weighted by Crippen LogP contribution is 2.34. The van der Waals surface area contributed by atoms with Crippen LogP contribution < -0.4 is 4.74 Å². The summed E-state index contributed by atoms with van der Waals surface area (Å²) in [5.74, 6) is 0.678. The molecule has 3 aromatic rings. The molecule has 0 radical (unpaired) electrons. The summed E-state index contributed by atoms with van der Waals surface area (Å²) in [7, 11) is 0. The average molecular weight is 525 g/mol. The predicted octanol–water partition coefficient (Wildman–Crippen LogP) is 5.25. The highest BCUT2D eigenvalue weighted by molar-refractivity contribution is 7.12. The van der Waals surface area contributed by atoms with Gasteiger partial charge in [-0.2, -0.15) is 0 Å². The van der Waals surface area contributed by atoms with Crippen molar-refractivity contribution in [3.63, 3.8) is 0 Å². The summed E-state index contributed by atoms with van der Waals surface area (Å²) in [6.07, 6.45) is 2.71. The molecule has 1 fully saturated rings. The van der Waals surface area contributed by atoms with E-state index in [1.807, 2.05) is 41.5 Å². The Balaban J connectivity index is 1.34. The van der Waals surface area contributed by atoms with Crippen molar-refractivity contribution in [2.24, 2.45) is 0 Å². The fourth-order valence-electron chi connectivity index (χ4n) is 5.07. The van der Waals surface area contributed by atoms with Gasteiger partial charge in [-0.25, -0.2) is 0 Å². The van der Waals surface area contributed by atoms with Crippen molar-refractivity contribution in [2.75, 3.05) is 32.8 Å². The Labute approximate surface area is 220 Å². The minimum Gasteiger partial charge on any atom is -0.491 e. The summed E-state index contributed by atoms with van der Waals surface area (Å²) in [6, 6.07) is 11.8. The molecule has 2 aliphatic heterocycles. The quantitative estimate of drug-likeness (QED) is 0.404. The maximum atomic E-state index is 13.8. The van der Waals surface area contributed by atoms with Gasteiger partial charge >= 0.3 is 0 Å². The monoisotopic (exact) mass is 524 g/mol. The Morgan fingerprint density at radius 2 is 2.06 bits per heavy atom. The van der Waals surface area contributed by atoms with E-state index >= 15 is 0 Å². The Bertz CT molecular complexity index is 1200. The number of ether oxygens (including phenoxy) is 2. The number of fused-ring (bicyclic) bond motifs is 1. The largest absolute Gasteiger partial charge is 0.491 e. The molecule has 0 spiro atoms. The molecule has 2 aromatic heterocycles. The molecule has 1 aromatic carbocycles. The van der Waals surface area contributed by atoms with Crippen molar-refractivity contribution in [1.82, 2.24) is 9.80 Å². The molecule has 0 saturated carbocycles. The van der Waals surface area contributed by atoms with Crippen molar-refractivity contribution in [3.8, 4) is 5.75 Å². The number of hydrogen-bond acceptors (Lipinski definition) is 6. The van der Waals surface area contributed by atoms with Gasteiger partial charge in [0.2, 0.25) is 5.91 Å². The van der Waals surface area contributed by atoms with Crippen LogP contribution in [0.2, 0.25) is 0 Å². The van der Waals surface area contributed by atoms with E-state index in [1.165, 1.54) is 21.8 Å². The zero-order chi connectivity index (χ0) is 25.1. The fraction of sp³-hybridized carbons (Fsp3) is 0.429. The van der Waals surface area contributed by atoms with Crippen LogP contribution in [0.4, 0.5) is 0 Å². The molecule has 0 bridgehead atoms. The lowest BCUT2D eigenvalue weighted by molar-refractivity contribution is -0.135. The summed E-state index contributed by atoms with van der Waals surface area (Å²) < 4.78 is 12.1. The van der Waals surface area contributed by atoms with Crippen LogP contribution in [0.3, 0.4) is 0 Å². The van der Waals surface area contributed by atoms with Gasteiger partial charge in [0.1, 0.15) is 18.9 Å². The Morgan fingerprint density at radius 1 is 1.17 bits per heavy atom. The normalized spacial score (nSPS) is 19.2. The van der Waals surface area contributed by atoms with Gasteiger partial charge in [-0.05, 0) is 73.2 Å². The maximum absolute atomic E-state index is 13.8. The van der Waals surface area contributed by atoms with E-state index in [0.717, 1.165) is 36.1 Å². The van der Waals surface area contributed by atoms with Gasteiger partial charge < -0.3 is 19.3 Å². The second-order valence-corrected chi connectivity index (χ2v) is 11.5. The van der Waals surface area contributed by atoms with E-state index in [0.29, 0.717) is 31.2 Å². The van der Waals surface area contributed by atoms with Gasteiger partial charge in [0.15, 0.2) is 0 Å². The number of nitrogens with zero attached hydrogens (tertiary/aromatic N) is 2.